The SMILES string of the molecule is Cc1[c]c(NC(N)=O)c(F)c(F)c1C. The Bertz CT molecular complexity index is 391. The molecule has 0 fully saturated rings. The van der Waals surface area contributed by atoms with Crippen LogP contribution in [0, 0.1) is 31.5 Å². The standard InChI is InChI=1S/C9H9F2N2O/c1-4-3-6(13-9(12)14)8(11)7(10)5(4)2/h1-2H3,(H3,12,13,14). The lowest BCUT2D eigenvalue weighted by Gasteiger charge is -2.08. The van der Waals surface area contributed by atoms with E-state index in [-0.39, 0.29) is 11.3 Å². The van der Waals surface area contributed by atoms with E-state index in [1.165, 1.54) is 6.92 Å². The molecule has 0 saturated carbocycles. The third kappa shape index (κ3) is 1.81. The van der Waals surface area contributed by atoms with Crippen LogP contribution in [0.2, 0.25) is 0 Å². The van der Waals surface area contributed by atoms with Gasteiger partial charge in [0, 0.05) is 6.07 Å². The molecule has 14 heavy (non-hydrogen) atoms. The number of aryl methyl sites for hydroxylation is 1. The van der Waals surface area contributed by atoms with E-state index in [0.29, 0.717) is 5.56 Å². The van der Waals surface area contributed by atoms with E-state index in [1.54, 1.807) is 6.92 Å². The number of carbonyl (C=O) groups is 1. The van der Waals surface area contributed by atoms with Crippen LogP contribution in [0.25, 0.3) is 0 Å². The molecule has 0 aliphatic rings. The molecule has 0 saturated heterocycles. The molecule has 1 rings (SSSR count). The van der Waals surface area contributed by atoms with Crippen molar-refractivity contribution in [3.8, 4) is 0 Å². The Balaban J connectivity index is 3.25. The van der Waals surface area contributed by atoms with Gasteiger partial charge in [0.15, 0.2) is 11.6 Å². The first-order valence-corrected chi connectivity index (χ1v) is 3.87. The van der Waals surface area contributed by atoms with Gasteiger partial charge >= 0.3 is 6.03 Å². The van der Waals surface area contributed by atoms with Crippen LogP contribution in [0.4, 0.5) is 19.3 Å². The highest BCUT2D eigenvalue weighted by molar-refractivity contribution is 5.87. The minimum absolute atomic E-state index is 0.164. The van der Waals surface area contributed by atoms with Crippen molar-refractivity contribution in [3.63, 3.8) is 0 Å². The minimum Gasteiger partial charge on any atom is -0.351 e. The summed E-state index contributed by atoms with van der Waals surface area (Å²) >= 11 is 0. The molecule has 2 amide bonds. The summed E-state index contributed by atoms with van der Waals surface area (Å²) in [5.41, 5.74) is 5.00. The third-order valence-electron chi connectivity index (χ3n) is 1.86. The highest BCUT2D eigenvalue weighted by atomic mass is 19.2. The van der Waals surface area contributed by atoms with E-state index in [1.807, 2.05) is 5.32 Å². The van der Waals surface area contributed by atoms with Crippen molar-refractivity contribution >= 4 is 11.7 Å². The van der Waals surface area contributed by atoms with Crippen molar-refractivity contribution in [2.45, 2.75) is 13.8 Å². The summed E-state index contributed by atoms with van der Waals surface area (Å²) in [6.45, 7) is 2.99. The van der Waals surface area contributed by atoms with Crippen molar-refractivity contribution in [1.82, 2.24) is 0 Å². The molecule has 75 valence electrons. The van der Waals surface area contributed by atoms with E-state index in [9.17, 15) is 13.6 Å². The van der Waals surface area contributed by atoms with Crippen LogP contribution in [0.5, 0.6) is 0 Å². The quantitative estimate of drug-likeness (QED) is 0.712. The van der Waals surface area contributed by atoms with Gasteiger partial charge in [0.25, 0.3) is 0 Å². The summed E-state index contributed by atoms with van der Waals surface area (Å²) < 4.78 is 26.2. The lowest BCUT2D eigenvalue weighted by Crippen LogP contribution is -2.20. The van der Waals surface area contributed by atoms with E-state index in [0.717, 1.165) is 0 Å². The predicted molar refractivity (Wildman–Crippen MR) is 47.9 cm³/mol. The molecule has 3 nitrogen and oxygen atoms in total. The zero-order valence-electron chi connectivity index (χ0n) is 7.74. The first kappa shape index (κ1) is 10.4. The number of hydrogen-bond acceptors (Lipinski definition) is 1. The van der Waals surface area contributed by atoms with Crippen LogP contribution < -0.4 is 11.1 Å². The van der Waals surface area contributed by atoms with Gasteiger partial charge in [0.1, 0.15) is 0 Å². The number of primary amides is 1. The van der Waals surface area contributed by atoms with Gasteiger partial charge in [-0.3, -0.25) is 0 Å². The Morgan fingerprint density at radius 1 is 1.36 bits per heavy atom. The van der Waals surface area contributed by atoms with Crippen LogP contribution in [0.1, 0.15) is 11.1 Å². The van der Waals surface area contributed by atoms with Gasteiger partial charge in [-0.05, 0) is 25.0 Å². The normalized spacial score (nSPS) is 10.0. The topological polar surface area (TPSA) is 55.1 Å². The van der Waals surface area contributed by atoms with E-state index < -0.39 is 17.7 Å². The lowest BCUT2D eigenvalue weighted by molar-refractivity contribution is 0.259. The summed E-state index contributed by atoms with van der Waals surface area (Å²) in [6, 6.07) is 1.53. The summed E-state index contributed by atoms with van der Waals surface area (Å²) in [4.78, 5) is 10.4. The van der Waals surface area contributed by atoms with Crippen molar-refractivity contribution in [3.05, 3.63) is 28.8 Å². The first-order valence-electron chi connectivity index (χ1n) is 3.87. The molecule has 0 aliphatic heterocycles. The van der Waals surface area contributed by atoms with Crippen molar-refractivity contribution < 1.29 is 13.6 Å². The zero-order chi connectivity index (χ0) is 10.9. The maximum atomic E-state index is 13.1. The van der Waals surface area contributed by atoms with E-state index in [4.69, 9.17) is 5.73 Å². The molecule has 1 aromatic rings. The Morgan fingerprint density at radius 2 is 1.93 bits per heavy atom. The molecular weight excluding hydrogens is 190 g/mol. The highest BCUT2D eigenvalue weighted by Gasteiger charge is 2.14. The van der Waals surface area contributed by atoms with Gasteiger partial charge < -0.3 is 11.1 Å². The van der Waals surface area contributed by atoms with Gasteiger partial charge in [0.2, 0.25) is 0 Å². The Hall–Kier alpha value is -1.65. The number of hydrogen-bond donors (Lipinski definition) is 2. The van der Waals surface area contributed by atoms with Crippen LogP contribution in [-0.4, -0.2) is 6.03 Å². The Morgan fingerprint density at radius 3 is 2.43 bits per heavy atom. The predicted octanol–water partition coefficient (Wildman–Crippen LogP) is 1.87. The molecule has 0 unspecified atom stereocenters. The number of urea groups is 1. The van der Waals surface area contributed by atoms with Gasteiger partial charge in [-0.15, -0.1) is 0 Å². The largest absolute Gasteiger partial charge is 0.351 e. The second-order valence-electron chi connectivity index (χ2n) is 2.87. The number of nitrogens with one attached hydrogen (secondary N) is 1. The van der Waals surface area contributed by atoms with Crippen LogP contribution in [0.15, 0.2) is 0 Å². The number of amides is 2. The first-order chi connectivity index (χ1) is 6.43. The molecule has 1 radical (unpaired) electrons. The number of nitrogens with two attached hydrogens (primary N) is 1. The van der Waals surface area contributed by atoms with Crippen LogP contribution in [0.3, 0.4) is 0 Å². The number of benzene rings is 1. The smallest absolute Gasteiger partial charge is 0.316 e. The molecule has 1 aromatic carbocycles. The minimum atomic E-state index is -1.15. The van der Waals surface area contributed by atoms with Gasteiger partial charge in [-0.25, -0.2) is 13.6 Å². The summed E-state index contributed by atoms with van der Waals surface area (Å²) in [7, 11) is 0. The number of anilines is 1. The molecule has 0 heterocycles. The summed E-state index contributed by atoms with van der Waals surface area (Å²) in [5.74, 6) is -2.14. The van der Waals surface area contributed by atoms with Gasteiger partial charge in [-0.1, -0.05) is 0 Å². The Kier molecular flexibility index (Phi) is 2.69. The summed E-state index contributed by atoms with van der Waals surface area (Å²) in [5, 5.41) is 1.95. The third-order valence-corrected chi connectivity index (χ3v) is 1.86. The summed E-state index contributed by atoms with van der Waals surface area (Å²) in [6.07, 6.45) is 0. The fourth-order valence-corrected chi connectivity index (χ4v) is 0.984. The average molecular weight is 199 g/mol. The molecule has 3 N–H and O–H groups in total. The molecular formula is C9H9F2N2O. The van der Waals surface area contributed by atoms with Crippen LogP contribution in [-0.2, 0) is 0 Å². The van der Waals surface area contributed by atoms with Crippen LogP contribution >= 0.6 is 0 Å². The monoisotopic (exact) mass is 199 g/mol. The number of carbonyl (C=O) groups excluding carboxylic acids is 1. The van der Waals surface area contributed by atoms with E-state index in [2.05, 4.69) is 6.07 Å². The molecule has 0 bridgehead atoms. The molecule has 0 atom stereocenters. The lowest BCUT2D eigenvalue weighted by atomic mass is 10.1. The maximum Gasteiger partial charge on any atom is 0.316 e. The average Bonchev–Trinajstić information content (AvgIpc) is 2.10. The zero-order valence-corrected chi connectivity index (χ0v) is 7.74. The van der Waals surface area contributed by atoms with Crippen molar-refractivity contribution in [2.75, 3.05) is 5.32 Å². The number of halogens is 2. The van der Waals surface area contributed by atoms with E-state index >= 15 is 0 Å². The molecule has 5 heteroatoms. The molecule has 0 aliphatic carbocycles. The second kappa shape index (κ2) is 3.61. The van der Waals surface area contributed by atoms with Gasteiger partial charge in [0.05, 0.1) is 5.69 Å². The van der Waals surface area contributed by atoms with Crippen molar-refractivity contribution in [1.29, 1.82) is 0 Å². The molecule has 0 spiro atoms. The fourth-order valence-electron chi connectivity index (χ4n) is 0.984. The highest BCUT2D eigenvalue weighted by Crippen LogP contribution is 2.22. The molecule has 0 aromatic heterocycles. The Labute approximate surface area is 79.9 Å². The van der Waals surface area contributed by atoms with Crippen molar-refractivity contribution in [2.24, 2.45) is 5.73 Å². The number of rotatable bonds is 1. The second-order valence-corrected chi connectivity index (χ2v) is 2.87. The maximum absolute atomic E-state index is 13.1. The fraction of sp³-hybridized carbons (Fsp3) is 0.222. The van der Waals surface area contributed by atoms with Gasteiger partial charge in [-0.2, -0.15) is 0 Å².